The van der Waals surface area contributed by atoms with Crippen molar-refractivity contribution in [2.24, 2.45) is 5.10 Å². The minimum absolute atomic E-state index is 0.0642. The third kappa shape index (κ3) is 5.82. The average Bonchev–Trinajstić information content (AvgIpc) is 3.69. The van der Waals surface area contributed by atoms with Crippen LogP contribution in [0.4, 0.5) is 5.69 Å². The number of ether oxygens (including phenoxy) is 1. The first-order valence-electron chi connectivity index (χ1n) is 18.5. The van der Waals surface area contributed by atoms with Gasteiger partial charge in [0, 0.05) is 68.9 Å². The molecule has 266 valence electrons. The van der Waals surface area contributed by atoms with E-state index in [1.54, 1.807) is 0 Å². The third-order valence-corrected chi connectivity index (χ3v) is 12.3. The SMILES string of the molecule is CN1CC2=NN(C)C(C)(CCc3cc4c(c(c3)OCCCC3=C(C(=O)O)N(C)C5C3=CC=C(Cl)C5c3c(nn5c3CCCC5)C1)NCCC4)C2. The molecule has 50 heavy (non-hydrogen) atoms. The quantitative estimate of drug-likeness (QED) is 0.371. The van der Waals surface area contributed by atoms with E-state index < -0.39 is 5.97 Å². The van der Waals surface area contributed by atoms with Gasteiger partial charge in [0.1, 0.15) is 11.4 Å². The smallest absolute Gasteiger partial charge is 0.352 e. The van der Waals surface area contributed by atoms with E-state index in [1.807, 2.05) is 18.0 Å². The van der Waals surface area contributed by atoms with Crippen LogP contribution >= 0.6 is 11.6 Å². The molecule has 0 radical (unpaired) electrons. The van der Waals surface area contributed by atoms with Gasteiger partial charge in [0.2, 0.25) is 0 Å². The van der Waals surface area contributed by atoms with Crippen LogP contribution in [0, 0.1) is 0 Å². The van der Waals surface area contributed by atoms with E-state index in [4.69, 9.17) is 26.5 Å². The molecule has 11 heteroatoms. The number of likely N-dealkylation sites (N-methyl/N-ethyl adjacent to an activating group) is 1. The number of carboxylic acid groups (broad SMARTS) is 1. The fourth-order valence-corrected chi connectivity index (χ4v) is 9.69. The van der Waals surface area contributed by atoms with Crippen molar-refractivity contribution in [3.63, 3.8) is 0 Å². The average molecular weight is 700 g/mol. The summed E-state index contributed by atoms with van der Waals surface area (Å²) in [5.74, 6) is -0.200. The largest absolute Gasteiger partial charge is 0.491 e. The normalized spacial score (nSPS) is 27.2. The molecule has 0 amide bonds. The van der Waals surface area contributed by atoms with Gasteiger partial charge < -0.3 is 20.1 Å². The predicted octanol–water partition coefficient (Wildman–Crippen LogP) is 6.06. The van der Waals surface area contributed by atoms with Crippen molar-refractivity contribution in [2.75, 3.05) is 46.2 Å². The summed E-state index contributed by atoms with van der Waals surface area (Å²) in [6.45, 7) is 6.09. The molecule has 1 aromatic heterocycles. The van der Waals surface area contributed by atoms with Gasteiger partial charge in [-0.1, -0.05) is 23.7 Å². The Morgan fingerprint density at radius 1 is 1.06 bits per heavy atom. The Morgan fingerprint density at radius 3 is 2.76 bits per heavy atom. The van der Waals surface area contributed by atoms with E-state index in [1.165, 1.54) is 28.1 Å². The summed E-state index contributed by atoms with van der Waals surface area (Å²) >= 11 is 7.21. The van der Waals surface area contributed by atoms with Crippen LogP contribution in [0.5, 0.6) is 5.75 Å². The lowest BCUT2D eigenvalue weighted by Gasteiger charge is -2.35. The lowest BCUT2D eigenvalue weighted by molar-refractivity contribution is -0.134. The van der Waals surface area contributed by atoms with Crippen molar-refractivity contribution in [3.8, 4) is 5.75 Å². The number of anilines is 1. The zero-order chi connectivity index (χ0) is 34.7. The Kier molecular flexibility index (Phi) is 8.74. The van der Waals surface area contributed by atoms with E-state index in [0.717, 1.165) is 104 Å². The molecule has 0 saturated carbocycles. The summed E-state index contributed by atoms with van der Waals surface area (Å²) in [6, 6.07) is 4.37. The second-order valence-corrected chi connectivity index (χ2v) is 15.9. The summed E-state index contributed by atoms with van der Waals surface area (Å²) in [7, 11) is 6.20. The summed E-state index contributed by atoms with van der Waals surface area (Å²) in [5, 5.41) is 27.4. The Labute approximate surface area is 300 Å². The summed E-state index contributed by atoms with van der Waals surface area (Å²) in [4.78, 5) is 17.2. The van der Waals surface area contributed by atoms with Gasteiger partial charge in [-0.2, -0.15) is 10.2 Å². The lowest BCUT2D eigenvalue weighted by Crippen LogP contribution is -2.38. The van der Waals surface area contributed by atoms with Crippen LogP contribution in [0.1, 0.15) is 85.9 Å². The Morgan fingerprint density at radius 2 is 1.92 bits per heavy atom. The molecular formula is C39H50ClN7O3. The highest BCUT2D eigenvalue weighted by molar-refractivity contribution is 6.30. The Balaban J connectivity index is 1.19. The van der Waals surface area contributed by atoms with E-state index in [2.05, 4.69) is 59.1 Å². The van der Waals surface area contributed by atoms with Crippen molar-refractivity contribution >= 4 is 29.0 Å². The van der Waals surface area contributed by atoms with Crippen molar-refractivity contribution < 1.29 is 14.6 Å². The predicted molar refractivity (Wildman–Crippen MR) is 197 cm³/mol. The van der Waals surface area contributed by atoms with Gasteiger partial charge in [0.15, 0.2) is 0 Å². The first kappa shape index (κ1) is 33.4. The number of aromatic nitrogens is 2. The molecule has 6 aliphatic rings. The topological polar surface area (TPSA) is 98.5 Å². The number of fused-ring (bicyclic) bond motifs is 10. The van der Waals surface area contributed by atoms with Crippen LogP contribution in [0.15, 0.2) is 51.3 Å². The first-order chi connectivity index (χ1) is 24.1. The van der Waals surface area contributed by atoms with Gasteiger partial charge in [-0.3, -0.25) is 14.6 Å². The van der Waals surface area contributed by atoms with Gasteiger partial charge in [-0.15, -0.1) is 0 Å². The molecule has 2 N–H and O–H groups in total. The van der Waals surface area contributed by atoms with Crippen molar-refractivity contribution in [3.05, 3.63) is 74.2 Å². The molecule has 8 bridgehead atoms. The Hall–Kier alpha value is -3.76. The number of allylic oxidation sites excluding steroid dienone is 2. The van der Waals surface area contributed by atoms with Crippen LogP contribution in [0.25, 0.3) is 0 Å². The molecule has 0 saturated heterocycles. The minimum Gasteiger partial charge on any atom is -0.491 e. The van der Waals surface area contributed by atoms with Gasteiger partial charge in [0.05, 0.1) is 35.3 Å². The molecule has 0 fully saturated rings. The summed E-state index contributed by atoms with van der Waals surface area (Å²) in [6.07, 6.45) is 13.5. The number of nitrogens with zero attached hydrogens (tertiary/aromatic N) is 6. The molecule has 2 aromatic rings. The zero-order valence-electron chi connectivity index (χ0n) is 29.9. The third-order valence-electron chi connectivity index (χ3n) is 12.0. The van der Waals surface area contributed by atoms with Crippen molar-refractivity contribution in [1.82, 2.24) is 24.6 Å². The summed E-state index contributed by atoms with van der Waals surface area (Å²) in [5.41, 5.74) is 10.6. The van der Waals surface area contributed by atoms with Crippen LogP contribution in [0.2, 0.25) is 0 Å². The van der Waals surface area contributed by atoms with Gasteiger partial charge in [-0.25, -0.2) is 4.79 Å². The maximum atomic E-state index is 12.9. The maximum absolute atomic E-state index is 12.9. The summed E-state index contributed by atoms with van der Waals surface area (Å²) < 4.78 is 8.76. The second kappa shape index (κ2) is 13.1. The van der Waals surface area contributed by atoms with Crippen LogP contribution in [0.3, 0.4) is 0 Å². The number of rotatable bonds is 1. The molecule has 0 spiro atoms. The molecule has 1 aromatic carbocycles. The molecule has 1 aliphatic carbocycles. The molecule has 5 aliphatic heterocycles. The standard InChI is InChI=1S/C39H50ClN7O3/c1-39-15-14-24-19-25-9-7-16-41-35(25)32(20-24)50-18-8-10-27-28-12-13-29(40)33(36(28)45(3)37(27)38(48)49)34-30(43-47-17-6-5-11-31(34)47)23-44(2)22-26(21-39)42-46(39)4/h12-13,19-20,33,36,41H,5-11,14-18,21-23H2,1-4H3,(H,48,49). The molecule has 6 heterocycles. The zero-order valence-corrected chi connectivity index (χ0v) is 30.7. The van der Waals surface area contributed by atoms with E-state index in [-0.39, 0.29) is 17.5 Å². The number of nitrogens with one attached hydrogen (secondary N) is 1. The van der Waals surface area contributed by atoms with E-state index >= 15 is 0 Å². The number of hydrogen-bond acceptors (Lipinski definition) is 8. The van der Waals surface area contributed by atoms with Crippen LogP contribution in [-0.2, 0) is 37.1 Å². The molecular weight excluding hydrogens is 650 g/mol. The number of benzene rings is 1. The number of aryl methyl sites for hydroxylation is 3. The second-order valence-electron chi connectivity index (χ2n) is 15.5. The fourth-order valence-electron chi connectivity index (χ4n) is 9.40. The van der Waals surface area contributed by atoms with Gasteiger partial charge in [0.25, 0.3) is 0 Å². The maximum Gasteiger partial charge on any atom is 0.352 e. The van der Waals surface area contributed by atoms with E-state index in [9.17, 15) is 9.90 Å². The highest BCUT2D eigenvalue weighted by Gasteiger charge is 2.46. The number of aliphatic carboxylic acids is 1. The monoisotopic (exact) mass is 699 g/mol. The van der Waals surface area contributed by atoms with Gasteiger partial charge >= 0.3 is 5.97 Å². The molecule has 3 unspecified atom stereocenters. The number of hydrogen-bond donors (Lipinski definition) is 2. The highest BCUT2D eigenvalue weighted by atomic mass is 35.5. The first-order valence-corrected chi connectivity index (χ1v) is 18.9. The highest BCUT2D eigenvalue weighted by Crippen LogP contribution is 2.50. The van der Waals surface area contributed by atoms with Crippen molar-refractivity contribution in [1.29, 1.82) is 0 Å². The molecule has 8 rings (SSSR count). The molecule has 3 atom stereocenters. The number of carbonyl (C=O) groups is 1. The van der Waals surface area contributed by atoms with E-state index in [0.29, 0.717) is 31.7 Å². The fraction of sp³-hybridized carbons (Fsp3) is 0.564. The minimum atomic E-state index is -0.902. The van der Waals surface area contributed by atoms with Crippen molar-refractivity contribution in [2.45, 2.75) is 102 Å². The van der Waals surface area contributed by atoms with Crippen LogP contribution in [-0.4, -0.2) is 93.8 Å². The van der Waals surface area contributed by atoms with Crippen LogP contribution < -0.4 is 10.1 Å². The Bertz CT molecular complexity index is 1840. The van der Waals surface area contributed by atoms with Gasteiger partial charge in [-0.05, 0) is 106 Å². The number of halogens is 1. The number of hydrazone groups is 1. The number of carboxylic acids is 1. The molecule has 10 nitrogen and oxygen atoms in total. The lowest BCUT2D eigenvalue weighted by atomic mass is 9.79.